The van der Waals surface area contributed by atoms with E-state index in [1.54, 1.807) is 31.3 Å². The van der Waals surface area contributed by atoms with Gasteiger partial charge in [-0.05, 0) is 42.8 Å². The molecule has 2 aromatic carbocycles. The van der Waals surface area contributed by atoms with E-state index < -0.39 is 5.76 Å². The summed E-state index contributed by atoms with van der Waals surface area (Å²) in [6, 6.07) is 8.53. The summed E-state index contributed by atoms with van der Waals surface area (Å²) in [7, 11) is 1.65. The van der Waals surface area contributed by atoms with Crippen LogP contribution in [0.1, 0.15) is 11.4 Å². The number of aryl methyl sites for hydroxylation is 1. The van der Waals surface area contributed by atoms with E-state index in [4.69, 9.17) is 27.6 Å². The molecule has 9 heteroatoms. The Morgan fingerprint density at radius 2 is 2.07 bits per heavy atom. The van der Waals surface area contributed by atoms with Gasteiger partial charge < -0.3 is 14.3 Å². The SMILES string of the molecule is Cc1cc2[nH]c(CN(C)C(=O)Cn3c(=O)oc4ccc(Cl)cc43)nc2cc1Cl. The fraction of sp³-hybridized carbons (Fsp3) is 0.211. The second kappa shape index (κ2) is 7.00. The maximum Gasteiger partial charge on any atom is 0.420 e. The number of fused-ring (bicyclic) bond motifs is 2. The van der Waals surface area contributed by atoms with E-state index in [-0.39, 0.29) is 19.0 Å². The Morgan fingerprint density at radius 3 is 2.86 bits per heavy atom. The number of oxazole rings is 1. The molecule has 0 atom stereocenters. The number of hydrogen-bond acceptors (Lipinski definition) is 4. The molecular weight excluding hydrogens is 403 g/mol. The smallest absolute Gasteiger partial charge is 0.408 e. The Hall–Kier alpha value is -2.77. The van der Waals surface area contributed by atoms with Crippen LogP contribution in [0.25, 0.3) is 22.1 Å². The second-order valence-electron chi connectivity index (χ2n) is 6.62. The number of hydrogen-bond donors (Lipinski definition) is 1. The third-order valence-electron chi connectivity index (χ3n) is 4.55. The van der Waals surface area contributed by atoms with Crippen LogP contribution in [0.5, 0.6) is 0 Å². The number of halogens is 2. The molecule has 144 valence electrons. The third-order valence-corrected chi connectivity index (χ3v) is 5.19. The molecule has 28 heavy (non-hydrogen) atoms. The van der Waals surface area contributed by atoms with Crippen molar-refractivity contribution in [3.8, 4) is 0 Å². The normalized spacial score (nSPS) is 11.4. The van der Waals surface area contributed by atoms with E-state index in [9.17, 15) is 9.59 Å². The molecule has 0 saturated heterocycles. The summed E-state index contributed by atoms with van der Waals surface area (Å²) in [6.45, 7) is 2.01. The number of aromatic nitrogens is 3. The van der Waals surface area contributed by atoms with Crippen LogP contribution in [-0.4, -0.2) is 32.4 Å². The Kier molecular flexibility index (Phi) is 4.64. The van der Waals surface area contributed by atoms with Crippen molar-refractivity contribution in [2.24, 2.45) is 0 Å². The largest absolute Gasteiger partial charge is 0.420 e. The van der Waals surface area contributed by atoms with Crippen molar-refractivity contribution < 1.29 is 9.21 Å². The van der Waals surface area contributed by atoms with Crippen LogP contribution >= 0.6 is 23.2 Å². The van der Waals surface area contributed by atoms with Crippen LogP contribution in [0, 0.1) is 6.92 Å². The van der Waals surface area contributed by atoms with E-state index in [1.165, 1.54) is 9.47 Å². The lowest BCUT2D eigenvalue weighted by Crippen LogP contribution is -2.32. The molecule has 7 nitrogen and oxygen atoms in total. The van der Waals surface area contributed by atoms with Gasteiger partial charge in [-0.15, -0.1) is 0 Å². The van der Waals surface area contributed by atoms with Crippen LogP contribution in [0.4, 0.5) is 0 Å². The first-order chi connectivity index (χ1) is 13.3. The predicted octanol–water partition coefficient (Wildman–Crippen LogP) is 3.74. The van der Waals surface area contributed by atoms with Crippen molar-refractivity contribution in [3.63, 3.8) is 0 Å². The lowest BCUT2D eigenvalue weighted by molar-refractivity contribution is -0.131. The van der Waals surface area contributed by atoms with Crippen molar-refractivity contribution >= 4 is 51.2 Å². The van der Waals surface area contributed by atoms with Crippen molar-refractivity contribution in [3.05, 3.63) is 62.3 Å². The van der Waals surface area contributed by atoms with Gasteiger partial charge in [-0.3, -0.25) is 9.36 Å². The highest BCUT2D eigenvalue weighted by Gasteiger charge is 2.17. The Bertz CT molecular complexity index is 1230. The fourth-order valence-corrected chi connectivity index (χ4v) is 3.35. The molecule has 0 unspecified atom stereocenters. The quantitative estimate of drug-likeness (QED) is 0.546. The number of carbonyl (C=O) groups excluding carboxylic acids is 1. The first kappa shape index (κ1) is 18.6. The zero-order chi connectivity index (χ0) is 20.0. The van der Waals surface area contributed by atoms with E-state index in [1.807, 2.05) is 13.0 Å². The van der Waals surface area contributed by atoms with Gasteiger partial charge in [0.2, 0.25) is 5.91 Å². The molecule has 0 spiro atoms. The molecule has 1 N–H and O–H groups in total. The minimum absolute atomic E-state index is 0.159. The summed E-state index contributed by atoms with van der Waals surface area (Å²) >= 11 is 12.1. The summed E-state index contributed by atoms with van der Waals surface area (Å²) < 4.78 is 6.43. The van der Waals surface area contributed by atoms with Gasteiger partial charge in [0.25, 0.3) is 0 Å². The molecule has 0 aliphatic heterocycles. The van der Waals surface area contributed by atoms with E-state index in [0.717, 1.165) is 16.6 Å². The van der Waals surface area contributed by atoms with Gasteiger partial charge >= 0.3 is 5.76 Å². The minimum atomic E-state index is -0.604. The van der Waals surface area contributed by atoms with Gasteiger partial charge in [0.15, 0.2) is 5.58 Å². The topological polar surface area (TPSA) is 84.1 Å². The Labute approximate surface area is 169 Å². The third kappa shape index (κ3) is 3.39. The van der Waals surface area contributed by atoms with E-state index in [0.29, 0.717) is 27.0 Å². The summed E-state index contributed by atoms with van der Waals surface area (Å²) in [4.78, 5) is 33.9. The van der Waals surface area contributed by atoms with Gasteiger partial charge in [0.1, 0.15) is 12.4 Å². The molecule has 1 amide bonds. The number of nitrogens with one attached hydrogen (secondary N) is 1. The standard InChI is InChI=1S/C19H16Cl2N4O3/c1-10-5-13-14(7-12(10)21)23-17(22-13)8-24(2)18(26)9-25-15-6-11(20)3-4-16(15)28-19(25)27/h3-7H,8-9H2,1-2H3,(H,22,23). The van der Waals surface area contributed by atoms with Gasteiger partial charge in [0.05, 0.1) is 23.1 Å². The molecular formula is C19H16Cl2N4O3. The Balaban J connectivity index is 1.55. The van der Waals surface area contributed by atoms with Crippen LogP contribution in [0.2, 0.25) is 10.0 Å². The van der Waals surface area contributed by atoms with Crippen LogP contribution in [-0.2, 0) is 17.9 Å². The highest BCUT2D eigenvalue weighted by atomic mass is 35.5. The van der Waals surface area contributed by atoms with Crippen LogP contribution in [0.15, 0.2) is 39.5 Å². The number of H-pyrrole nitrogens is 1. The summed E-state index contributed by atoms with van der Waals surface area (Å²) in [5.74, 6) is -0.243. The van der Waals surface area contributed by atoms with E-state index >= 15 is 0 Å². The summed E-state index contributed by atoms with van der Waals surface area (Å²) in [5, 5.41) is 1.10. The molecule has 4 aromatic rings. The van der Waals surface area contributed by atoms with Gasteiger partial charge in [0, 0.05) is 17.1 Å². The average Bonchev–Trinajstić information content (AvgIpc) is 3.15. The number of aromatic amines is 1. The van der Waals surface area contributed by atoms with Crippen molar-refractivity contribution in [1.82, 2.24) is 19.4 Å². The lowest BCUT2D eigenvalue weighted by Gasteiger charge is -2.15. The number of nitrogens with zero attached hydrogens (tertiary/aromatic N) is 3. The first-order valence-electron chi connectivity index (χ1n) is 8.49. The summed E-state index contributed by atoms with van der Waals surface area (Å²) in [6.07, 6.45) is 0. The zero-order valence-corrected chi connectivity index (χ0v) is 16.6. The van der Waals surface area contributed by atoms with Crippen molar-refractivity contribution in [2.45, 2.75) is 20.0 Å². The van der Waals surface area contributed by atoms with Crippen molar-refractivity contribution in [1.29, 1.82) is 0 Å². The molecule has 4 rings (SSSR count). The van der Waals surface area contributed by atoms with Gasteiger partial charge in [-0.1, -0.05) is 23.2 Å². The number of imidazole rings is 1. The first-order valence-corrected chi connectivity index (χ1v) is 9.25. The maximum absolute atomic E-state index is 12.6. The van der Waals surface area contributed by atoms with Crippen molar-refractivity contribution in [2.75, 3.05) is 7.05 Å². The number of rotatable bonds is 4. The molecule has 0 aliphatic rings. The number of benzene rings is 2. The summed E-state index contributed by atoms with van der Waals surface area (Å²) in [5.41, 5.74) is 3.39. The monoisotopic (exact) mass is 418 g/mol. The number of carbonyl (C=O) groups is 1. The minimum Gasteiger partial charge on any atom is -0.408 e. The molecule has 2 heterocycles. The fourth-order valence-electron chi connectivity index (χ4n) is 3.02. The van der Waals surface area contributed by atoms with Gasteiger partial charge in [-0.2, -0.15) is 0 Å². The highest BCUT2D eigenvalue weighted by Crippen LogP contribution is 2.22. The Morgan fingerprint density at radius 1 is 1.29 bits per heavy atom. The van der Waals surface area contributed by atoms with Gasteiger partial charge in [-0.25, -0.2) is 9.78 Å². The molecule has 0 bridgehead atoms. The molecule has 0 saturated carbocycles. The molecule has 0 fully saturated rings. The van der Waals surface area contributed by atoms with Crippen LogP contribution in [0.3, 0.4) is 0 Å². The zero-order valence-electron chi connectivity index (χ0n) is 15.1. The highest BCUT2D eigenvalue weighted by molar-refractivity contribution is 6.32. The maximum atomic E-state index is 12.6. The lowest BCUT2D eigenvalue weighted by atomic mass is 10.2. The molecule has 0 aliphatic carbocycles. The molecule has 0 radical (unpaired) electrons. The number of amides is 1. The average molecular weight is 419 g/mol. The molecule has 2 aromatic heterocycles. The van der Waals surface area contributed by atoms with E-state index in [2.05, 4.69) is 9.97 Å². The second-order valence-corrected chi connectivity index (χ2v) is 7.46. The van der Waals surface area contributed by atoms with Crippen LogP contribution < -0.4 is 5.76 Å². The predicted molar refractivity (Wildman–Crippen MR) is 108 cm³/mol. The number of likely N-dealkylation sites (N-methyl/N-ethyl adjacent to an activating group) is 1.